The van der Waals surface area contributed by atoms with Gasteiger partial charge in [-0.25, -0.2) is 0 Å². The molecule has 5 nitrogen and oxygen atoms in total. The van der Waals surface area contributed by atoms with E-state index in [1.807, 2.05) is 20.8 Å². The number of ether oxygens (including phenoxy) is 1. The SMILES string of the molecule is CCC1NC(=O)C(C(C)C)N(C(COC)C(C)C)C1=O. The fourth-order valence-electron chi connectivity index (χ4n) is 2.80. The summed E-state index contributed by atoms with van der Waals surface area (Å²) in [7, 11) is 1.63. The third-order valence-corrected chi connectivity index (χ3v) is 3.94. The van der Waals surface area contributed by atoms with Gasteiger partial charge in [-0.15, -0.1) is 0 Å². The summed E-state index contributed by atoms with van der Waals surface area (Å²) in [6, 6.07) is -0.886. The number of amides is 2. The average molecular weight is 284 g/mol. The fourth-order valence-corrected chi connectivity index (χ4v) is 2.80. The van der Waals surface area contributed by atoms with Crippen LogP contribution < -0.4 is 5.32 Å². The molecule has 1 aliphatic rings. The van der Waals surface area contributed by atoms with E-state index in [0.29, 0.717) is 13.0 Å². The van der Waals surface area contributed by atoms with Crippen LogP contribution in [0.2, 0.25) is 0 Å². The van der Waals surface area contributed by atoms with Crippen molar-refractivity contribution in [2.75, 3.05) is 13.7 Å². The number of piperazine rings is 1. The first-order valence-electron chi connectivity index (χ1n) is 7.46. The first-order valence-corrected chi connectivity index (χ1v) is 7.46. The van der Waals surface area contributed by atoms with Crippen molar-refractivity contribution in [3.05, 3.63) is 0 Å². The summed E-state index contributed by atoms with van der Waals surface area (Å²) in [5.74, 6) is 0.285. The number of methoxy groups -OCH3 is 1. The Morgan fingerprint density at radius 2 is 1.85 bits per heavy atom. The lowest BCUT2D eigenvalue weighted by Gasteiger charge is -2.46. The van der Waals surface area contributed by atoms with Crippen LogP contribution in [0.3, 0.4) is 0 Å². The van der Waals surface area contributed by atoms with Crippen LogP contribution in [0.1, 0.15) is 41.0 Å². The molecule has 1 saturated heterocycles. The molecule has 0 aromatic carbocycles. The van der Waals surface area contributed by atoms with Crippen molar-refractivity contribution in [3.8, 4) is 0 Å². The number of nitrogens with zero attached hydrogens (tertiary/aromatic N) is 1. The summed E-state index contributed by atoms with van der Waals surface area (Å²) in [5, 5.41) is 2.84. The zero-order valence-corrected chi connectivity index (χ0v) is 13.5. The number of carbonyl (C=O) groups excluding carboxylic acids is 2. The Morgan fingerprint density at radius 3 is 2.25 bits per heavy atom. The maximum absolute atomic E-state index is 12.7. The van der Waals surface area contributed by atoms with Crippen molar-refractivity contribution in [2.24, 2.45) is 11.8 Å². The lowest BCUT2D eigenvalue weighted by atomic mass is 9.91. The smallest absolute Gasteiger partial charge is 0.246 e. The van der Waals surface area contributed by atoms with E-state index in [1.54, 1.807) is 12.0 Å². The van der Waals surface area contributed by atoms with Crippen molar-refractivity contribution >= 4 is 11.8 Å². The van der Waals surface area contributed by atoms with Gasteiger partial charge >= 0.3 is 0 Å². The van der Waals surface area contributed by atoms with E-state index in [0.717, 1.165) is 0 Å². The maximum atomic E-state index is 12.7. The van der Waals surface area contributed by atoms with Crippen LogP contribution in [-0.2, 0) is 14.3 Å². The highest BCUT2D eigenvalue weighted by Crippen LogP contribution is 2.25. The molecule has 0 radical (unpaired) electrons. The molecule has 1 heterocycles. The lowest BCUT2D eigenvalue weighted by Crippen LogP contribution is -2.68. The third kappa shape index (κ3) is 3.32. The van der Waals surface area contributed by atoms with Crippen LogP contribution in [0, 0.1) is 11.8 Å². The molecular formula is C15H28N2O3. The standard InChI is InChI=1S/C15H28N2O3/c1-7-11-15(19)17(12(8-20-6)9(2)3)13(10(4)5)14(18)16-11/h9-13H,7-8H2,1-6H3,(H,16,18). The maximum Gasteiger partial charge on any atom is 0.246 e. The predicted octanol–water partition coefficient (Wildman–Crippen LogP) is 1.42. The fraction of sp³-hybridized carbons (Fsp3) is 0.867. The van der Waals surface area contributed by atoms with Gasteiger partial charge in [-0.05, 0) is 18.3 Å². The van der Waals surface area contributed by atoms with Gasteiger partial charge in [0.25, 0.3) is 0 Å². The van der Waals surface area contributed by atoms with Crippen molar-refractivity contribution in [1.29, 1.82) is 0 Å². The van der Waals surface area contributed by atoms with Crippen LogP contribution in [0.5, 0.6) is 0 Å². The molecule has 1 fully saturated rings. The number of hydrogen-bond donors (Lipinski definition) is 1. The van der Waals surface area contributed by atoms with E-state index in [9.17, 15) is 9.59 Å². The monoisotopic (exact) mass is 284 g/mol. The second-order valence-corrected chi connectivity index (χ2v) is 6.17. The molecule has 5 heteroatoms. The number of rotatable bonds is 6. The molecule has 3 unspecified atom stereocenters. The molecule has 0 bridgehead atoms. The Balaban J connectivity index is 3.15. The molecule has 0 aliphatic carbocycles. The van der Waals surface area contributed by atoms with Gasteiger partial charge in [0.05, 0.1) is 12.6 Å². The largest absolute Gasteiger partial charge is 0.383 e. The van der Waals surface area contributed by atoms with Crippen molar-refractivity contribution < 1.29 is 14.3 Å². The first-order chi connectivity index (χ1) is 9.34. The molecule has 1 rings (SSSR count). The molecule has 20 heavy (non-hydrogen) atoms. The number of hydrogen-bond acceptors (Lipinski definition) is 3. The minimum Gasteiger partial charge on any atom is -0.383 e. The highest BCUT2D eigenvalue weighted by atomic mass is 16.5. The zero-order chi connectivity index (χ0) is 15.4. The lowest BCUT2D eigenvalue weighted by molar-refractivity contribution is -0.157. The topological polar surface area (TPSA) is 58.6 Å². The van der Waals surface area contributed by atoms with E-state index < -0.39 is 12.1 Å². The zero-order valence-electron chi connectivity index (χ0n) is 13.5. The summed E-state index contributed by atoms with van der Waals surface area (Å²) < 4.78 is 5.27. The van der Waals surface area contributed by atoms with Crippen LogP contribution >= 0.6 is 0 Å². The van der Waals surface area contributed by atoms with Gasteiger partial charge in [0, 0.05) is 7.11 Å². The summed E-state index contributed by atoms with van der Waals surface area (Å²) in [6.07, 6.45) is 0.615. The Kier molecular flexibility index (Phi) is 5.99. The van der Waals surface area contributed by atoms with Gasteiger partial charge < -0.3 is 15.0 Å². The normalized spacial score (nSPS) is 25.3. The van der Waals surface area contributed by atoms with Crippen LogP contribution in [0.15, 0.2) is 0 Å². The third-order valence-electron chi connectivity index (χ3n) is 3.94. The van der Waals surface area contributed by atoms with Gasteiger partial charge in [-0.3, -0.25) is 9.59 Å². The minimum absolute atomic E-state index is 0.0153. The summed E-state index contributed by atoms with van der Waals surface area (Å²) in [4.78, 5) is 26.8. The second kappa shape index (κ2) is 7.07. The number of carbonyl (C=O) groups is 2. The Bertz CT molecular complexity index is 355. The van der Waals surface area contributed by atoms with E-state index in [4.69, 9.17) is 4.74 Å². The second-order valence-electron chi connectivity index (χ2n) is 6.17. The molecule has 0 saturated carbocycles. The van der Waals surface area contributed by atoms with E-state index in [-0.39, 0.29) is 29.7 Å². The van der Waals surface area contributed by atoms with Gasteiger partial charge in [0.15, 0.2) is 0 Å². The Morgan fingerprint density at radius 1 is 1.25 bits per heavy atom. The molecule has 0 spiro atoms. The molecule has 116 valence electrons. The van der Waals surface area contributed by atoms with Gasteiger partial charge in [-0.1, -0.05) is 34.6 Å². The van der Waals surface area contributed by atoms with Gasteiger partial charge in [-0.2, -0.15) is 0 Å². The van der Waals surface area contributed by atoms with Gasteiger partial charge in [0.2, 0.25) is 11.8 Å². The molecule has 3 atom stereocenters. The first kappa shape index (κ1) is 17.0. The molecule has 1 aliphatic heterocycles. The predicted molar refractivity (Wildman–Crippen MR) is 78.2 cm³/mol. The highest BCUT2D eigenvalue weighted by Gasteiger charge is 2.45. The Hall–Kier alpha value is -1.10. The molecular weight excluding hydrogens is 256 g/mol. The molecule has 0 aromatic rings. The Labute approximate surface area is 122 Å². The summed E-state index contributed by atoms with van der Waals surface area (Å²) in [6.45, 7) is 10.4. The van der Waals surface area contributed by atoms with Crippen molar-refractivity contribution in [3.63, 3.8) is 0 Å². The van der Waals surface area contributed by atoms with Crippen LogP contribution in [-0.4, -0.2) is 48.6 Å². The van der Waals surface area contributed by atoms with E-state index in [2.05, 4.69) is 19.2 Å². The van der Waals surface area contributed by atoms with E-state index >= 15 is 0 Å². The highest BCUT2D eigenvalue weighted by molar-refractivity contribution is 5.97. The van der Waals surface area contributed by atoms with Crippen molar-refractivity contribution in [2.45, 2.75) is 59.2 Å². The van der Waals surface area contributed by atoms with Crippen molar-refractivity contribution in [1.82, 2.24) is 10.2 Å². The summed E-state index contributed by atoms with van der Waals surface area (Å²) in [5.41, 5.74) is 0. The van der Waals surface area contributed by atoms with Crippen LogP contribution in [0.4, 0.5) is 0 Å². The average Bonchev–Trinajstić information content (AvgIpc) is 2.37. The molecule has 1 N–H and O–H groups in total. The van der Waals surface area contributed by atoms with E-state index in [1.165, 1.54) is 0 Å². The molecule has 0 aromatic heterocycles. The number of nitrogens with one attached hydrogen (secondary N) is 1. The minimum atomic E-state index is -0.409. The summed E-state index contributed by atoms with van der Waals surface area (Å²) >= 11 is 0. The molecule has 2 amide bonds. The van der Waals surface area contributed by atoms with Crippen LogP contribution in [0.25, 0.3) is 0 Å². The quantitative estimate of drug-likeness (QED) is 0.802. The van der Waals surface area contributed by atoms with Gasteiger partial charge in [0.1, 0.15) is 12.1 Å².